The number of rotatable bonds is 3. The van der Waals surface area contributed by atoms with E-state index < -0.39 is 17.5 Å². The van der Waals surface area contributed by atoms with E-state index in [1.807, 2.05) is 19.1 Å². The van der Waals surface area contributed by atoms with Crippen LogP contribution >= 0.6 is 11.6 Å². The third-order valence-electron chi connectivity index (χ3n) is 3.34. The predicted octanol–water partition coefficient (Wildman–Crippen LogP) is 4.59. The maximum atomic E-state index is 14.0. The van der Waals surface area contributed by atoms with E-state index in [1.165, 1.54) is 18.2 Å². The summed E-state index contributed by atoms with van der Waals surface area (Å²) in [7, 11) is 0. The molecule has 1 atom stereocenters. The summed E-state index contributed by atoms with van der Waals surface area (Å²) < 4.78 is 14.0. The highest BCUT2D eigenvalue weighted by Crippen LogP contribution is 2.30. The van der Waals surface area contributed by atoms with Gasteiger partial charge >= 0.3 is 0 Å². The predicted molar refractivity (Wildman–Crippen MR) is 80.0 cm³/mol. The summed E-state index contributed by atoms with van der Waals surface area (Å²) in [6.07, 6.45) is 0. The Balaban J connectivity index is 2.55. The van der Waals surface area contributed by atoms with Gasteiger partial charge < -0.3 is 0 Å². The molecule has 0 aliphatic rings. The summed E-state index contributed by atoms with van der Waals surface area (Å²) in [4.78, 5) is 12.6. The van der Waals surface area contributed by atoms with E-state index in [1.54, 1.807) is 19.1 Å². The lowest BCUT2D eigenvalue weighted by Gasteiger charge is -2.13. The highest BCUT2D eigenvalue weighted by molar-refractivity contribution is 6.32. The number of ketones is 1. The Bertz CT molecular complexity index is 729. The van der Waals surface area contributed by atoms with Gasteiger partial charge in [0.05, 0.1) is 6.07 Å². The van der Waals surface area contributed by atoms with Crippen LogP contribution in [0.25, 0.3) is 0 Å². The Morgan fingerprint density at radius 2 is 2.00 bits per heavy atom. The Labute approximate surface area is 127 Å². The van der Waals surface area contributed by atoms with E-state index in [0.717, 1.165) is 11.1 Å². The normalized spacial score (nSPS) is 11.8. The third-order valence-corrected chi connectivity index (χ3v) is 3.67. The number of hydrogen-bond acceptors (Lipinski definition) is 2. The minimum Gasteiger partial charge on any atom is -0.292 e. The average Bonchev–Trinajstić information content (AvgIpc) is 2.45. The van der Waals surface area contributed by atoms with Crippen LogP contribution in [0, 0.1) is 31.0 Å². The SMILES string of the molecule is Cc1ccc(C)c(C(=O)C(C#N)c2c(F)cccc2Cl)c1. The molecular weight excluding hydrogens is 289 g/mol. The van der Waals surface area contributed by atoms with Gasteiger partial charge in [0.15, 0.2) is 5.78 Å². The number of nitrogens with zero attached hydrogens (tertiary/aromatic N) is 1. The van der Waals surface area contributed by atoms with Crippen molar-refractivity contribution in [3.05, 3.63) is 69.5 Å². The van der Waals surface area contributed by atoms with Crippen molar-refractivity contribution < 1.29 is 9.18 Å². The Hall–Kier alpha value is -2.18. The van der Waals surface area contributed by atoms with Crippen molar-refractivity contribution in [3.8, 4) is 6.07 Å². The van der Waals surface area contributed by atoms with Crippen LogP contribution in [0.3, 0.4) is 0 Å². The van der Waals surface area contributed by atoms with Gasteiger partial charge in [-0.2, -0.15) is 5.26 Å². The summed E-state index contributed by atoms with van der Waals surface area (Å²) >= 11 is 5.96. The number of carbonyl (C=O) groups is 1. The number of halogens is 2. The van der Waals surface area contributed by atoms with Crippen molar-refractivity contribution in [1.82, 2.24) is 0 Å². The van der Waals surface area contributed by atoms with E-state index in [0.29, 0.717) is 5.56 Å². The molecular formula is C17H13ClFNO. The standard InChI is InChI=1S/C17H13ClFNO/c1-10-6-7-11(2)12(8-10)17(21)13(9-20)16-14(18)4-3-5-15(16)19/h3-8,13H,1-2H3. The molecule has 2 rings (SSSR count). The number of carbonyl (C=O) groups excluding carboxylic acids is 1. The molecule has 0 amide bonds. The monoisotopic (exact) mass is 301 g/mol. The molecule has 0 heterocycles. The summed E-state index contributed by atoms with van der Waals surface area (Å²) in [5.41, 5.74) is 2.01. The largest absolute Gasteiger partial charge is 0.292 e. The van der Waals surface area contributed by atoms with Gasteiger partial charge in [0.2, 0.25) is 0 Å². The summed E-state index contributed by atoms with van der Waals surface area (Å²) in [5, 5.41) is 9.41. The van der Waals surface area contributed by atoms with Crippen LogP contribution in [0.5, 0.6) is 0 Å². The lowest BCUT2D eigenvalue weighted by atomic mass is 9.89. The first-order valence-electron chi connectivity index (χ1n) is 6.40. The lowest BCUT2D eigenvalue weighted by molar-refractivity contribution is 0.0977. The van der Waals surface area contributed by atoms with Crippen LogP contribution in [0.4, 0.5) is 4.39 Å². The quantitative estimate of drug-likeness (QED) is 0.778. The molecule has 0 aliphatic carbocycles. The van der Waals surface area contributed by atoms with Crippen molar-refractivity contribution in [2.75, 3.05) is 0 Å². The average molecular weight is 302 g/mol. The molecule has 0 aliphatic heterocycles. The van der Waals surface area contributed by atoms with Crippen molar-refractivity contribution >= 4 is 17.4 Å². The molecule has 0 fully saturated rings. The zero-order chi connectivity index (χ0) is 15.6. The second kappa shape index (κ2) is 6.07. The lowest BCUT2D eigenvalue weighted by Crippen LogP contribution is -2.15. The molecule has 0 saturated heterocycles. The van der Waals surface area contributed by atoms with Gasteiger partial charge in [-0.25, -0.2) is 4.39 Å². The fraction of sp³-hybridized carbons (Fsp3) is 0.176. The van der Waals surface area contributed by atoms with Gasteiger partial charge in [-0.3, -0.25) is 4.79 Å². The van der Waals surface area contributed by atoms with Crippen LogP contribution in [0.1, 0.15) is 33.0 Å². The highest BCUT2D eigenvalue weighted by atomic mass is 35.5. The Kier molecular flexibility index (Phi) is 4.40. The summed E-state index contributed by atoms with van der Waals surface area (Å²) in [5.74, 6) is -2.34. The molecule has 2 nitrogen and oxygen atoms in total. The van der Waals surface area contributed by atoms with E-state index in [-0.39, 0.29) is 10.6 Å². The first-order chi connectivity index (χ1) is 9.95. The number of benzene rings is 2. The second-order valence-electron chi connectivity index (χ2n) is 4.88. The van der Waals surface area contributed by atoms with E-state index in [9.17, 15) is 14.4 Å². The third kappa shape index (κ3) is 2.96. The Morgan fingerprint density at radius 1 is 1.29 bits per heavy atom. The van der Waals surface area contributed by atoms with Gasteiger partial charge in [0.1, 0.15) is 11.7 Å². The molecule has 106 valence electrons. The maximum absolute atomic E-state index is 14.0. The molecule has 0 saturated carbocycles. The number of nitriles is 1. The van der Waals surface area contributed by atoms with E-state index in [2.05, 4.69) is 0 Å². The smallest absolute Gasteiger partial charge is 0.184 e. The van der Waals surface area contributed by atoms with Gasteiger partial charge in [0, 0.05) is 16.1 Å². The minimum absolute atomic E-state index is 0.0624. The zero-order valence-corrected chi connectivity index (χ0v) is 12.4. The molecule has 0 aromatic heterocycles. The van der Waals surface area contributed by atoms with Crippen LogP contribution in [0.2, 0.25) is 5.02 Å². The van der Waals surface area contributed by atoms with Gasteiger partial charge in [-0.05, 0) is 37.6 Å². The molecule has 2 aromatic carbocycles. The van der Waals surface area contributed by atoms with Gasteiger partial charge in [-0.1, -0.05) is 35.4 Å². The summed E-state index contributed by atoms with van der Waals surface area (Å²) in [6, 6.07) is 11.4. The topological polar surface area (TPSA) is 40.9 Å². The van der Waals surface area contributed by atoms with E-state index in [4.69, 9.17) is 11.6 Å². The number of aryl methyl sites for hydroxylation is 2. The fourth-order valence-corrected chi connectivity index (χ4v) is 2.47. The molecule has 0 bridgehead atoms. The van der Waals surface area contributed by atoms with Crippen LogP contribution in [-0.2, 0) is 0 Å². The first-order valence-corrected chi connectivity index (χ1v) is 6.78. The van der Waals surface area contributed by atoms with Crippen molar-refractivity contribution in [2.24, 2.45) is 0 Å². The second-order valence-corrected chi connectivity index (χ2v) is 5.29. The van der Waals surface area contributed by atoms with E-state index >= 15 is 0 Å². The first kappa shape index (κ1) is 15.2. The molecule has 21 heavy (non-hydrogen) atoms. The molecule has 0 N–H and O–H groups in total. The van der Waals surface area contributed by atoms with Crippen molar-refractivity contribution in [1.29, 1.82) is 5.26 Å². The number of hydrogen-bond donors (Lipinski definition) is 0. The zero-order valence-electron chi connectivity index (χ0n) is 11.7. The van der Waals surface area contributed by atoms with Crippen LogP contribution in [0.15, 0.2) is 36.4 Å². The maximum Gasteiger partial charge on any atom is 0.184 e. The molecule has 4 heteroatoms. The number of Topliss-reactive ketones (excluding diaryl/α,β-unsaturated/α-hetero) is 1. The molecule has 0 radical (unpaired) electrons. The van der Waals surface area contributed by atoms with Crippen LogP contribution in [-0.4, -0.2) is 5.78 Å². The molecule has 1 unspecified atom stereocenters. The van der Waals surface area contributed by atoms with Crippen molar-refractivity contribution in [3.63, 3.8) is 0 Å². The van der Waals surface area contributed by atoms with Gasteiger partial charge in [0.25, 0.3) is 0 Å². The summed E-state index contributed by atoms with van der Waals surface area (Å²) in [6.45, 7) is 3.64. The van der Waals surface area contributed by atoms with Gasteiger partial charge in [-0.15, -0.1) is 0 Å². The fourth-order valence-electron chi connectivity index (χ4n) is 2.20. The molecule has 2 aromatic rings. The van der Waals surface area contributed by atoms with Crippen molar-refractivity contribution in [2.45, 2.75) is 19.8 Å². The van der Waals surface area contributed by atoms with Crippen LogP contribution < -0.4 is 0 Å². The Morgan fingerprint density at radius 3 is 2.62 bits per heavy atom. The molecule has 0 spiro atoms. The highest BCUT2D eigenvalue weighted by Gasteiger charge is 2.27. The minimum atomic E-state index is -1.25.